The number of nitriles is 1. The zero-order valence-electron chi connectivity index (χ0n) is 34.0. The first-order chi connectivity index (χ1) is 28.0. The lowest BCUT2D eigenvalue weighted by molar-refractivity contribution is -0.136. The van der Waals surface area contributed by atoms with Gasteiger partial charge in [0.25, 0.3) is 5.91 Å². The van der Waals surface area contributed by atoms with E-state index >= 15 is 0 Å². The number of nitrogens with one attached hydrogen (secondary N) is 2. The largest absolute Gasteiger partial charge is 0.371 e. The van der Waals surface area contributed by atoms with E-state index in [9.17, 15) is 24.4 Å². The fraction of sp³-hybridized carbons (Fsp3) is 0.468. The second-order valence-electron chi connectivity index (χ2n) is 17.5. The number of aromatic amines is 1. The van der Waals surface area contributed by atoms with E-state index in [-0.39, 0.29) is 29.9 Å². The van der Waals surface area contributed by atoms with Gasteiger partial charge in [0.15, 0.2) is 5.78 Å². The van der Waals surface area contributed by atoms with Gasteiger partial charge in [-0.05, 0) is 104 Å². The first kappa shape index (κ1) is 38.2. The van der Waals surface area contributed by atoms with Crippen molar-refractivity contribution in [2.45, 2.75) is 96.2 Å². The van der Waals surface area contributed by atoms with Gasteiger partial charge in [-0.25, -0.2) is 0 Å². The van der Waals surface area contributed by atoms with Gasteiger partial charge in [-0.2, -0.15) is 5.26 Å². The number of unbranched alkanes of at least 4 members (excludes halogenated alkanes) is 1. The molecule has 9 rings (SSSR count). The molecular formula is C47H53N7O4. The maximum atomic E-state index is 14.1. The third kappa shape index (κ3) is 6.60. The molecule has 1 unspecified atom stereocenters. The van der Waals surface area contributed by atoms with Gasteiger partial charge >= 0.3 is 0 Å². The Morgan fingerprint density at radius 3 is 2.41 bits per heavy atom. The van der Waals surface area contributed by atoms with Gasteiger partial charge in [0.2, 0.25) is 11.8 Å². The highest BCUT2D eigenvalue weighted by molar-refractivity contribution is 6.20. The number of benzene rings is 3. The number of piperazine rings is 1. The third-order valence-corrected chi connectivity index (χ3v) is 13.9. The van der Waals surface area contributed by atoms with Crippen LogP contribution in [0.5, 0.6) is 0 Å². The van der Waals surface area contributed by atoms with Gasteiger partial charge in [0.05, 0.1) is 17.2 Å². The average molecular weight is 780 g/mol. The Hall–Kier alpha value is -5.31. The minimum atomic E-state index is -0.584. The number of fused-ring (bicyclic) bond motifs is 5. The van der Waals surface area contributed by atoms with Crippen LogP contribution in [-0.4, -0.2) is 101 Å². The molecule has 5 aliphatic rings. The summed E-state index contributed by atoms with van der Waals surface area (Å²) in [5.41, 5.74) is 9.97. The molecule has 0 saturated carbocycles. The Kier molecular flexibility index (Phi) is 9.97. The van der Waals surface area contributed by atoms with Crippen molar-refractivity contribution < 1.29 is 19.2 Å². The van der Waals surface area contributed by atoms with Gasteiger partial charge in [0, 0.05) is 97.1 Å². The lowest BCUT2D eigenvalue weighted by Gasteiger charge is -2.44. The Labute approximate surface area is 340 Å². The number of rotatable bonds is 9. The number of ketones is 1. The van der Waals surface area contributed by atoms with Crippen molar-refractivity contribution in [1.82, 2.24) is 25.0 Å². The maximum absolute atomic E-state index is 14.1. The minimum Gasteiger partial charge on any atom is -0.371 e. The quantitative estimate of drug-likeness (QED) is 0.160. The standard InChI is InChI=1S/C47H53N7O4/c1-4-30-25-35-37(47(2,3)44-42(43(35)56)34-12-11-29(27-48)24-38(34)49-44)26-40(30)53-18-15-32(16-19-53)52-22-20-51(21-23-52)17-6-5-8-31-9-7-10-33-36(31)28-54(46(33)58)39-13-14-41(55)50-45(39)57/h7,9-12,24-26,32,39,49H,4-6,8,13-23,28H2,1-3H3,(H,50,55,57). The van der Waals surface area contributed by atoms with Crippen LogP contribution in [0, 0.1) is 11.3 Å². The van der Waals surface area contributed by atoms with Crippen molar-refractivity contribution in [2.24, 2.45) is 0 Å². The molecular weight excluding hydrogens is 727 g/mol. The number of amides is 3. The van der Waals surface area contributed by atoms with Gasteiger partial charge in [0.1, 0.15) is 6.04 Å². The predicted molar refractivity (Wildman–Crippen MR) is 223 cm³/mol. The number of carbonyl (C=O) groups is 4. The summed E-state index contributed by atoms with van der Waals surface area (Å²) in [4.78, 5) is 64.6. The maximum Gasteiger partial charge on any atom is 0.255 e. The summed E-state index contributed by atoms with van der Waals surface area (Å²) >= 11 is 0. The highest BCUT2D eigenvalue weighted by Crippen LogP contribution is 2.46. The monoisotopic (exact) mass is 779 g/mol. The topological polar surface area (TPSA) is 133 Å². The fourth-order valence-corrected chi connectivity index (χ4v) is 10.5. The molecule has 11 nitrogen and oxygen atoms in total. The van der Waals surface area contributed by atoms with Crippen LogP contribution >= 0.6 is 0 Å². The van der Waals surface area contributed by atoms with Crippen LogP contribution in [0.3, 0.4) is 0 Å². The number of piperidine rings is 2. The minimum absolute atomic E-state index is 0.0662. The Bertz CT molecular complexity index is 2370. The molecule has 4 aromatic rings. The van der Waals surface area contributed by atoms with Crippen LogP contribution in [0.15, 0.2) is 48.5 Å². The number of aryl methyl sites for hydroxylation is 2. The molecule has 0 bridgehead atoms. The molecule has 3 fully saturated rings. The third-order valence-electron chi connectivity index (χ3n) is 13.9. The fourth-order valence-electron chi connectivity index (χ4n) is 10.5. The predicted octanol–water partition coefficient (Wildman–Crippen LogP) is 5.84. The molecule has 2 N–H and O–H groups in total. The second kappa shape index (κ2) is 15.1. The number of anilines is 1. The van der Waals surface area contributed by atoms with Crippen molar-refractivity contribution in [3.63, 3.8) is 0 Å². The van der Waals surface area contributed by atoms with E-state index in [0.717, 1.165) is 123 Å². The first-order valence-corrected chi connectivity index (χ1v) is 21.3. The van der Waals surface area contributed by atoms with Crippen LogP contribution < -0.4 is 10.2 Å². The molecule has 3 aromatic carbocycles. The molecule has 5 heterocycles. The molecule has 300 valence electrons. The lowest BCUT2D eigenvalue weighted by Crippen LogP contribution is -2.53. The molecule has 0 spiro atoms. The smallest absolute Gasteiger partial charge is 0.255 e. The Morgan fingerprint density at radius 2 is 1.67 bits per heavy atom. The van der Waals surface area contributed by atoms with E-state index in [0.29, 0.717) is 30.1 Å². The van der Waals surface area contributed by atoms with Crippen LogP contribution in [0.2, 0.25) is 0 Å². The van der Waals surface area contributed by atoms with Gasteiger partial charge in [-0.15, -0.1) is 0 Å². The molecule has 11 heteroatoms. The van der Waals surface area contributed by atoms with Crippen molar-refractivity contribution in [3.8, 4) is 6.07 Å². The average Bonchev–Trinajstić information content (AvgIpc) is 3.80. The molecule has 1 aliphatic carbocycles. The number of hydrogen-bond acceptors (Lipinski definition) is 8. The Morgan fingerprint density at radius 1 is 0.879 bits per heavy atom. The van der Waals surface area contributed by atoms with E-state index < -0.39 is 11.5 Å². The summed E-state index contributed by atoms with van der Waals surface area (Å²) in [6, 6.07) is 18.2. The number of imide groups is 1. The highest BCUT2D eigenvalue weighted by atomic mass is 16.2. The zero-order valence-corrected chi connectivity index (χ0v) is 34.0. The van der Waals surface area contributed by atoms with Crippen LogP contribution in [0.4, 0.5) is 5.69 Å². The molecule has 58 heavy (non-hydrogen) atoms. The van der Waals surface area contributed by atoms with Crippen molar-refractivity contribution in [2.75, 3.05) is 50.7 Å². The van der Waals surface area contributed by atoms with E-state index in [2.05, 4.69) is 70.0 Å². The van der Waals surface area contributed by atoms with Gasteiger partial charge < -0.3 is 19.7 Å². The number of hydrogen-bond donors (Lipinski definition) is 2. The number of aromatic nitrogens is 1. The van der Waals surface area contributed by atoms with E-state index in [4.69, 9.17) is 0 Å². The van der Waals surface area contributed by atoms with Crippen molar-refractivity contribution >= 4 is 40.1 Å². The van der Waals surface area contributed by atoms with Crippen molar-refractivity contribution in [1.29, 1.82) is 5.26 Å². The number of nitrogens with zero attached hydrogens (tertiary/aromatic N) is 5. The normalized spacial score (nSPS) is 21.2. The zero-order chi connectivity index (χ0) is 40.3. The van der Waals surface area contributed by atoms with Gasteiger partial charge in [-0.3, -0.25) is 29.4 Å². The van der Waals surface area contributed by atoms with Crippen LogP contribution in [-0.2, 0) is 34.4 Å². The van der Waals surface area contributed by atoms with E-state index in [1.54, 1.807) is 11.0 Å². The van der Waals surface area contributed by atoms with Crippen LogP contribution in [0.1, 0.15) is 119 Å². The lowest BCUT2D eigenvalue weighted by atomic mass is 9.70. The molecule has 0 radical (unpaired) electrons. The highest BCUT2D eigenvalue weighted by Gasteiger charge is 2.42. The summed E-state index contributed by atoms with van der Waals surface area (Å²) in [5.74, 6) is -0.676. The molecule has 4 aliphatic heterocycles. The van der Waals surface area contributed by atoms with E-state index in [1.165, 1.54) is 16.8 Å². The summed E-state index contributed by atoms with van der Waals surface area (Å²) in [6.45, 7) is 14.4. The van der Waals surface area contributed by atoms with Crippen molar-refractivity contribution in [3.05, 3.63) is 98.7 Å². The second-order valence-corrected chi connectivity index (χ2v) is 17.5. The number of H-pyrrole nitrogens is 1. The summed E-state index contributed by atoms with van der Waals surface area (Å²) < 4.78 is 0. The molecule has 1 aromatic heterocycles. The summed E-state index contributed by atoms with van der Waals surface area (Å²) in [5, 5.41) is 12.8. The summed E-state index contributed by atoms with van der Waals surface area (Å²) in [7, 11) is 0. The molecule has 3 amide bonds. The molecule has 3 saturated heterocycles. The van der Waals surface area contributed by atoms with Crippen LogP contribution in [0.25, 0.3) is 10.9 Å². The molecule has 1 atom stereocenters. The Balaban J connectivity index is 0.773. The number of carbonyl (C=O) groups excluding carboxylic acids is 4. The van der Waals surface area contributed by atoms with Gasteiger partial charge in [-0.1, -0.05) is 39.0 Å². The van der Waals surface area contributed by atoms with E-state index in [1.807, 2.05) is 24.3 Å². The summed E-state index contributed by atoms with van der Waals surface area (Å²) in [6.07, 6.45) is 6.80. The SMILES string of the molecule is CCc1cc2c(cc1N1CCC(N3CCN(CCCCc4cccc5c4CN(C4CCC(=O)NC4=O)C5=O)CC3)CC1)C(C)(C)c1[nH]c3cc(C#N)ccc3c1C2=O. The first-order valence-electron chi connectivity index (χ1n) is 21.3.